The lowest BCUT2D eigenvalue weighted by atomic mass is 9.56. The summed E-state index contributed by atoms with van der Waals surface area (Å²) < 4.78 is 12.9. The topological polar surface area (TPSA) is 38.8 Å². The molecule has 1 fully saturated rings. The maximum Gasteiger partial charge on any atom is 0.178 e. The van der Waals surface area contributed by atoms with Crippen LogP contribution in [0.2, 0.25) is 0 Å². The van der Waals surface area contributed by atoms with E-state index in [0.717, 1.165) is 35.4 Å². The zero-order chi connectivity index (χ0) is 15.9. The summed E-state index contributed by atoms with van der Waals surface area (Å²) in [5, 5.41) is 0. The van der Waals surface area contributed by atoms with Crippen LogP contribution < -0.4 is 9.47 Å². The predicted octanol–water partition coefficient (Wildman–Crippen LogP) is 2.62. The number of carbonyl (C=O) groups is 1. The number of likely N-dealkylation sites (N-methyl/N-ethyl adjacent to an activating group) is 1. The number of carbonyl (C=O) groups excluding carboxylic acids is 1. The van der Waals surface area contributed by atoms with Crippen molar-refractivity contribution < 1.29 is 14.3 Å². The van der Waals surface area contributed by atoms with E-state index in [-0.39, 0.29) is 17.3 Å². The van der Waals surface area contributed by atoms with E-state index >= 15 is 0 Å². The molecule has 2 aliphatic heterocycles. The SMILES string of the molecule is COc1cc(Br)c2c3c1OC1C(=O)CC=C4[C@H](C2)N(C)CC[C@@]431. The van der Waals surface area contributed by atoms with Crippen molar-refractivity contribution in [2.24, 2.45) is 0 Å². The molecule has 5 heteroatoms. The highest BCUT2D eigenvalue weighted by molar-refractivity contribution is 9.10. The summed E-state index contributed by atoms with van der Waals surface area (Å²) in [7, 11) is 3.84. The van der Waals surface area contributed by atoms with E-state index in [1.54, 1.807) is 7.11 Å². The molecule has 23 heavy (non-hydrogen) atoms. The first-order chi connectivity index (χ1) is 11.1. The van der Waals surface area contributed by atoms with Gasteiger partial charge in [0.2, 0.25) is 0 Å². The molecule has 0 aromatic heterocycles. The zero-order valence-electron chi connectivity index (χ0n) is 13.2. The number of rotatable bonds is 1. The van der Waals surface area contributed by atoms with Crippen molar-refractivity contribution in [1.82, 2.24) is 4.90 Å². The number of ether oxygens (including phenoxy) is 2. The third kappa shape index (κ3) is 1.48. The summed E-state index contributed by atoms with van der Waals surface area (Å²) in [6.45, 7) is 0.989. The monoisotopic (exact) mass is 375 g/mol. The predicted molar refractivity (Wildman–Crippen MR) is 89.2 cm³/mol. The van der Waals surface area contributed by atoms with Gasteiger partial charge in [-0.25, -0.2) is 0 Å². The van der Waals surface area contributed by atoms with E-state index < -0.39 is 0 Å². The van der Waals surface area contributed by atoms with E-state index in [1.807, 2.05) is 6.07 Å². The number of Topliss-reactive ketones (excluding diaryl/α,β-unsaturated/α-hetero) is 1. The molecule has 120 valence electrons. The van der Waals surface area contributed by atoms with Crippen molar-refractivity contribution in [2.45, 2.75) is 36.8 Å². The van der Waals surface area contributed by atoms with Crippen molar-refractivity contribution in [3.8, 4) is 11.5 Å². The van der Waals surface area contributed by atoms with Crippen LogP contribution in [-0.4, -0.2) is 43.5 Å². The van der Waals surface area contributed by atoms with Crippen LogP contribution in [0.25, 0.3) is 0 Å². The van der Waals surface area contributed by atoms with Crippen LogP contribution in [0.4, 0.5) is 0 Å². The number of ketones is 1. The molecule has 1 saturated heterocycles. The molecule has 4 nitrogen and oxygen atoms in total. The highest BCUT2D eigenvalue weighted by Gasteiger charge is 2.63. The fraction of sp³-hybridized carbons (Fsp3) is 0.500. The second-order valence-corrected chi connectivity index (χ2v) is 7.85. The molecule has 2 bridgehead atoms. The molecular weight excluding hydrogens is 358 g/mol. The lowest BCUT2D eigenvalue weighted by molar-refractivity contribution is -0.128. The van der Waals surface area contributed by atoms with Gasteiger partial charge in [0.05, 0.1) is 12.5 Å². The van der Waals surface area contributed by atoms with E-state index in [0.29, 0.717) is 12.5 Å². The van der Waals surface area contributed by atoms with E-state index in [4.69, 9.17) is 9.47 Å². The molecule has 0 N–H and O–H groups in total. The second-order valence-electron chi connectivity index (χ2n) is 6.99. The maximum atomic E-state index is 12.7. The Kier molecular flexibility index (Phi) is 2.68. The van der Waals surface area contributed by atoms with Gasteiger partial charge in [-0.05, 0) is 43.6 Å². The lowest BCUT2D eigenvalue weighted by Crippen LogP contribution is -2.60. The van der Waals surface area contributed by atoms with Crippen molar-refractivity contribution in [1.29, 1.82) is 0 Å². The molecule has 3 atom stereocenters. The normalized spacial score (nSPS) is 33.9. The first kappa shape index (κ1) is 14.1. The summed E-state index contributed by atoms with van der Waals surface area (Å²) in [4.78, 5) is 15.1. The average molecular weight is 376 g/mol. The number of methoxy groups -OCH3 is 1. The molecule has 5 rings (SSSR count). The molecule has 1 aromatic carbocycles. The van der Waals surface area contributed by atoms with Crippen molar-refractivity contribution in [2.75, 3.05) is 20.7 Å². The molecule has 1 aromatic rings. The largest absolute Gasteiger partial charge is 0.493 e. The number of piperidine rings is 1. The van der Waals surface area contributed by atoms with Gasteiger partial charge in [0, 0.05) is 22.5 Å². The minimum atomic E-state index is -0.379. The van der Waals surface area contributed by atoms with Crippen LogP contribution in [0.15, 0.2) is 22.2 Å². The third-order valence-electron chi connectivity index (χ3n) is 6.13. The van der Waals surface area contributed by atoms with Crippen LogP contribution in [-0.2, 0) is 16.6 Å². The van der Waals surface area contributed by atoms with E-state index in [2.05, 4.69) is 34.0 Å². The van der Waals surface area contributed by atoms with Crippen LogP contribution >= 0.6 is 15.9 Å². The molecule has 4 aliphatic rings. The van der Waals surface area contributed by atoms with Gasteiger partial charge in [-0.15, -0.1) is 0 Å². The van der Waals surface area contributed by atoms with Gasteiger partial charge in [-0.3, -0.25) is 9.69 Å². The Hall–Kier alpha value is -1.33. The molecule has 2 aliphatic carbocycles. The number of allylic oxidation sites excluding steroid dienone is 1. The lowest BCUT2D eigenvalue weighted by Gasteiger charge is -2.52. The summed E-state index contributed by atoms with van der Waals surface area (Å²) in [6.07, 6.45) is 4.17. The third-order valence-corrected chi connectivity index (χ3v) is 6.83. The standard InChI is InChI=1S/C18H18BrNO3/c1-20-6-5-18-10-3-4-13(21)17(18)23-16-14(22-2)8-11(19)9(15(16)18)7-12(10)20/h3,8,12,17H,4-7H2,1-2H3/t12-,17?,18+/m0/s1. The van der Waals surface area contributed by atoms with Gasteiger partial charge in [0.15, 0.2) is 23.4 Å². The van der Waals surface area contributed by atoms with Gasteiger partial charge >= 0.3 is 0 Å². The van der Waals surface area contributed by atoms with Crippen LogP contribution in [0.5, 0.6) is 11.5 Å². The summed E-state index contributed by atoms with van der Waals surface area (Å²) in [6, 6.07) is 2.35. The summed E-state index contributed by atoms with van der Waals surface area (Å²) in [5.74, 6) is 1.71. The minimum Gasteiger partial charge on any atom is -0.493 e. The maximum absolute atomic E-state index is 12.7. The Morgan fingerprint density at radius 3 is 3.09 bits per heavy atom. The van der Waals surface area contributed by atoms with Crippen molar-refractivity contribution in [3.63, 3.8) is 0 Å². The quantitative estimate of drug-likeness (QED) is 0.707. The summed E-state index contributed by atoms with van der Waals surface area (Å²) in [5.41, 5.74) is 3.61. The molecule has 0 radical (unpaired) electrons. The van der Waals surface area contributed by atoms with Crippen molar-refractivity contribution in [3.05, 3.63) is 33.3 Å². The van der Waals surface area contributed by atoms with Crippen molar-refractivity contribution >= 4 is 21.7 Å². The first-order valence-corrected chi connectivity index (χ1v) is 8.87. The smallest absolute Gasteiger partial charge is 0.178 e. The Morgan fingerprint density at radius 2 is 2.30 bits per heavy atom. The zero-order valence-corrected chi connectivity index (χ0v) is 14.8. The molecular formula is C18H18BrNO3. The van der Waals surface area contributed by atoms with Gasteiger partial charge in [-0.2, -0.15) is 0 Å². The fourth-order valence-electron chi connectivity index (χ4n) is 5.11. The van der Waals surface area contributed by atoms with Gasteiger partial charge < -0.3 is 9.47 Å². The Balaban J connectivity index is 1.89. The number of nitrogens with zero attached hydrogens (tertiary/aromatic N) is 1. The van der Waals surface area contributed by atoms with Crippen LogP contribution in [0.3, 0.4) is 0 Å². The number of halogens is 1. The molecule has 0 amide bonds. The average Bonchev–Trinajstić information content (AvgIpc) is 2.89. The molecule has 1 unspecified atom stereocenters. The highest BCUT2D eigenvalue weighted by atomic mass is 79.9. The summed E-state index contributed by atoms with van der Waals surface area (Å²) >= 11 is 3.72. The first-order valence-electron chi connectivity index (χ1n) is 8.08. The molecule has 1 spiro atoms. The Bertz CT molecular complexity index is 787. The number of benzene rings is 1. The Morgan fingerprint density at radius 1 is 1.48 bits per heavy atom. The van der Waals surface area contributed by atoms with Gasteiger partial charge in [-0.1, -0.05) is 22.0 Å². The van der Waals surface area contributed by atoms with Gasteiger partial charge in [0.25, 0.3) is 0 Å². The number of hydrogen-bond acceptors (Lipinski definition) is 4. The van der Waals surface area contributed by atoms with E-state index in [9.17, 15) is 4.79 Å². The highest BCUT2D eigenvalue weighted by Crippen LogP contribution is 2.62. The second kappa shape index (κ2) is 4.39. The number of likely N-dealkylation sites (tertiary alicyclic amines) is 1. The van der Waals surface area contributed by atoms with E-state index in [1.165, 1.54) is 16.7 Å². The molecule has 0 saturated carbocycles. The minimum absolute atomic E-state index is 0.194. The van der Waals surface area contributed by atoms with Gasteiger partial charge in [0.1, 0.15) is 0 Å². The fourth-order valence-corrected chi connectivity index (χ4v) is 5.68. The van der Waals surface area contributed by atoms with Crippen LogP contribution in [0, 0.1) is 0 Å². The molecule has 2 heterocycles. The number of hydrogen-bond donors (Lipinski definition) is 0. The van der Waals surface area contributed by atoms with Crippen LogP contribution in [0.1, 0.15) is 24.0 Å². The Labute approximate surface area is 143 Å².